The largest absolute Gasteiger partial charge is 0.487 e. The van der Waals surface area contributed by atoms with Crippen molar-refractivity contribution < 1.29 is 4.74 Å². The summed E-state index contributed by atoms with van der Waals surface area (Å²) in [4.78, 5) is 9.64. The van der Waals surface area contributed by atoms with E-state index in [1.165, 1.54) is 16.7 Å². The summed E-state index contributed by atoms with van der Waals surface area (Å²) in [5.41, 5.74) is 4.58. The summed E-state index contributed by atoms with van der Waals surface area (Å²) in [6, 6.07) is 10.3. The third-order valence-corrected chi connectivity index (χ3v) is 4.87. The summed E-state index contributed by atoms with van der Waals surface area (Å²) in [5, 5.41) is 0. The van der Waals surface area contributed by atoms with Gasteiger partial charge in [0, 0.05) is 26.2 Å². The number of aryl methyl sites for hydroxylation is 1. The second-order valence-corrected chi connectivity index (χ2v) is 6.66. The number of hydrogen-bond donors (Lipinski definition) is 0. The van der Waals surface area contributed by atoms with Crippen LogP contribution in [0.1, 0.15) is 22.4 Å². The molecule has 1 aliphatic rings. The number of ether oxygens (including phenoxy) is 1. The molecule has 1 fully saturated rings. The molecule has 1 aliphatic heterocycles. The van der Waals surface area contributed by atoms with Crippen molar-refractivity contribution in [3.63, 3.8) is 0 Å². The van der Waals surface area contributed by atoms with Crippen LogP contribution in [-0.2, 0) is 6.61 Å². The van der Waals surface area contributed by atoms with Crippen LogP contribution in [-0.4, -0.2) is 43.1 Å². The predicted octanol–water partition coefficient (Wildman–Crippen LogP) is 3.34. The van der Waals surface area contributed by atoms with Crippen LogP contribution in [0.25, 0.3) is 0 Å². The molecule has 1 aromatic carbocycles. The van der Waals surface area contributed by atoms with E-state index < -0.39 is 0 Å². The van der Waals surface area contributed by atoms with Gasteiger partial charge in [0.05, 0.1) is 5.69 Å². The first-order chi connectivity index (χ1) is 11.6. The normalized spacial score (nSPS) is 15.6. The molecule has 0 amide bonds. The third-order valence-electron chi connectivity index (χ3n) is 4.87. The van der Waals surface area contributed by atoms with E-state index in [2.05, 4.69) is 42.8 Å². The minimum absolute atomic E-state index is 0.581. The van der Waals surface area contributed by atoms with Crippen LogP contribution in [0, 0.1) is 20.8 Å². The number of aromatic nitrogens is 1. The number of hydrogen-bond acceptors (Lipinski definition) is 4. The van der Waals surface area contributed by atoms with Crippen LogP contribution in [0.3, 0.4) is 0 Å². The van der Waals surface area contributed by atoms with Crippen molar-refractivity contribution in [3.05, 3.63) is 52.7 Å². The van der Waals surface area contributed by atoms with E-state index in [0.29, 0.717) is 6.61 Å². The first-order valence-electron chi connectivity index (χ1n) is 8.64. The van der Waals surface area contributed by atoms with E-state index in [9.17, 15) is 0 Å². The topological polar surface area (TPSA) is 28.6 Å². The fraction of sp³-hybridized carbons (Fsp3) is 0.450. The molecule has 0 aliphatic carbocycles. The Bertz CT molecular complexity index is 692. The second kappa shape index (κ2) is 7.22. The standard InChI is InChI=1S/C20H27N3O/c1-15-16(2)20(23-12-10-22(4)11-13-23)21-17(3)19(15)24-14-18-8-6-5-7-9-18/h5-9H,10-14H2,1-4H3. The Hall–Kier alpha value is -2.07. The quantitative estimate of drug-likeness (QED) is 0.862. The smallest absolute Gasteiger partial charge is 0.144 e. The molecule has 2 aromatic rings. The molecular weight excluding hydrogens is 298 g/mol. The summed E-state index contributed by atoms with van der Waals surface area (Å²) in [6.07, 6.45) is 0. The van der Waals surface area contributed by atoms with Crippen LogP contribution >= 0.6 is 0 Å². The molecule has 0 spiro atoms. The van der Waals surface area contributed by atoms with Gasteiger partial charge in [-0.15, -0.1) is 0 Å². The Labute approximate surface area is 145 Å². The monoisotopic (exact) mass is 325 g/mol. The Balaban J connectivity index is 1.80. The van der Waals surface area contributed by atoms with Crippen LogP contribution in [0.2, 0.25) is 0 Å². The molecular formula is C20H27N3O. The minimum atomic E-state index is 0.581. The number of pyridine rings is 1. The lowest BCUT2D eigenvalue weighted by Gasteiger charge is -2.34. The summed E-state index contributed by atoms with van der Waals surface area (Å²) in [6.45, 7) is 11.2. The van der Waals surface area contributed by atoms with Gasteiger partial charge >= 0.3 is 0 Å². The van der Waals surface area contributed by atoms with Crippen molar-refractivity contribution >= 4 is 5.82 Å². The average molecular weight is 325 g/mol. The zero-order chi connectivity index (χ0) is 17.1. The maximum absolute atomic E-state index is 6.10. The molecule has 4 heteroatoms. The van der Waals surface area contributed by atoms with Crippen LogP contribution < -0.4 is 9.64 Å². The minimum Gasteiger partial charge on any atom is -0.487 e. The van der Waals surface area contributed by atoms with Gasteiger partial charge in [-0.2, -0.15) is 0 Å². The van der Waals surface area contributed by atoms with Gasteiger partial charge in [-0.25, -0.2) is 4.98 Å². The molecule has 128 valence electrons. The third kappa shape index (κ3) is 3.54. The number of benzene rings is 1. The highest BCUT2D eigenvalue weighted by Crippen LogP contribution is 2.31. The molecule has 0 saturated carbocycles. The highest BCUT2D eigenvalue weighted by Gasteiger charge is 2.20. The highest BCUT2D eigenvalue weighted by molar-refractivity contribution is 5.56. The fourth-order valence-corrected chi connectivity index (χ4v) is 3.17. The zero-order valence-electron chi connectivity index (χ0n) is 15.2. The zero-order valence-corrected chi connectivity index (χ0v) is 15.2. The maximum Gasteiger partial charge on any atom is 0.144 e. The van der Waals surface area contributed by atoms with Crippen molar-refractivity contribution in [1.29, 1.82) is 0 Å². The molecule has 0 bridgehead atoms. The Morgan fingerprint density at radius 3 is 2.29 bits per heavy atom. The molecule has 0 radical (unpaired) electrons. The van der Waals surface area contributed by atoms with E-state index in [1.807, 2.05) is 25.1 Å². The summed E-state index contributed by atoms with van der Waals surface area (Å²) in [7, 11) is 2.18. The van der Waals surface area contributed by atoms with Gasteiger partial charge in [0.15, 0.2) is 0 Å². The molecule has 2 heterocycles. The van der Waals surface area contributed by atoms with E-state index >= 15 is 0 Å². The van der Waals surface area contributed by atoms with Crippen LogP contribution in [0.15, 0.2) is 30.3 Å². The first-order valence-corrected chi connectivity index (χ1v) is 8.64. The van der Waals surface area contributed by atoms with E-state index in [0.717, 1.165) is 43.4 Å². The Kier molecular flexibility index (Phi) is 5.05. The summed E-state index contributed by atoms with van der Waals surface area (Å²) < 4.78 is 6.10. The molecule has 4 nitrogen and oxygen atoms in total. The number of anilines is 1. The lowest BCUT2D eigenvalue weighted by atomic mass is 10.1. The lowest BCUT2D eigenvalue weighted by Crippen LogP contribution is -2.45. The van der Waals surface area contributed by atoms with Gasteiger partial charge in [-0.05, 0) is 44.5 Å². The Morgan fingerprint density at radius 2 is 1.62 bits per heavy atom. The van der Waals surface area contributed by atoms with E-state index in [-0.39, 0.29) is 0 Å². The van der Waals surface area contributed by atoms with Gasteiger partial charge in [0.1, 0.15) is 18.2 Å². The molecule has 24 heavy (non-hydrogen) atoms. The number of nitrogens with zero attached hydrogens (tertiary/aromatic N) is 3. The molecule has 1 saturated heterocycles. The molecule has 1 aromatic heterocycles. The van der Waals surface area contributed by atoms with Gasteiger partial charge in [0.2, 0.25) is 0 Å². The molecule has 0 N–H and O–H groups in total. The summed E-state index contributed by atoms with van der Waals surface area (Å²) in [5.74, 6) is 2.04. The Morgan fingerprint density at radius 1 is 0.958 bits per heavy atom. The van der Waals surface area contributed by atoms with Gasteiger partial charge in [-0.3, -0.25) is 0 Å². The second-order valence-electron chi connectivity index (χ2n) is 6.66. The number of rotatable bonds is 4. The van der Waals surface area contributed by atoms with E-state index in [4.69, 9.17) is 9.72 Å². The van der Waals surface area contributed by atoms with Gasteiger partial charge in [0.25, 0.3) is 0 Å². The number of likely N-dealkylation sites (N-methyl/N-ethyl adjacent to an activating group) is 1. The SMILES string of the molecule is Cc1nc(N2CCN(C)CC2)c(C)c(C)c1OCc1ccccc1. The summed E-state index contributed by atoms with van der Waals surface area (Å²) >= 11 is 0. The first kappa shape index (κ1) is 16.8. The molecule has 3 rings (SSSR count). The van der Waals surface area contributed by atoms with Crippen molar-refractivity contribution in [2.24, 2.45) is 0 Å². The van der Waals surface area contributed by atoms with Crippen molar-refractivity contribution in [1.82, 2.24) is 9.88 Å². The van der Waals surface area contributed by atoms with Crippen molar-refractivity contribution in [2.75, 3.05) is 38.1 Å². The average Bonchev–Trinajstić information content (AvgIpc) is 2.60. The van der Waals surface area contributed by atoms with E-state index in [1.54, 1.807) is 0 Å². The molecule has 0 atom stereocenters. The number of piperazine rings is 1. The van der Waals surface area contributed by atoms with Crippen LogP contribution in [0.5, 0.6) is 5.75 Å². The molecule has 0 unspecified atom stereocenters. The highest BCUT2D eigenvalue weighted by atomic mass is 16.5. The fourth-order valence-electron chi connectivity index (χ4n) is 3.17. The lowest BCUT2D eigenvalue weighted by molar-refractivity contribution is 0.299. The van der Waals surface area contributed by atoms with Crippen molar-refractivity contribution in [3.8, 4) is 5.75 Å². The van der Waals surface area contributed by atoms with Gasteiger partial charge < -0.3 is 14.5 Å². The maximum atomic E-state index is 6.10. The van der Waals surface area contributed by atoms with Gasteiger partial charge in [-0.1, -0.05) is 30.3 Å². The predicted molar refractivity (Wildman–Crippen MR) is 98.9 cm³/mol. The van der Waals surface area contributed by atoms with Crippen molar-refractivity contribution in [2.45, 2.75) is 27.4 Å². The van der Waals surface area contributed by atoms with Crippen LogP contribution in [0.4, 0.5) is 5.82 Å².